The van der Waals surface area contributed by atoms with Crippen molar-refractivity contribution >= 4 is 11.9 Å². The van der Waals surface area contributed by atoms with E-state index in [2.05, 4.69) is 11.8 Å². The third kappa shape index (κ3) is 2.00. The predicted molar refractivity (Wildman–Crippen MR) is 87.0 cm³/mol. The van der Waals surface area contributed by atoms with Gasteiger partial charge in [-0.1, -0.05) is 30.0 Å². The largest absolute Gasteiger partial charge is 0.481 e. The summed E-state index contributed by atoms with van der Waals surface area (Å²) in [6.45, 7) is 0. The van der Waals surface area contributed by atoms with Crippen molar-refractivity contribution in [3.63, 3.8) is 0 Å². The lowest BCUT2D eigenvalue weighted by Crippen LogP contribution is -2.63. The molecule has 4 saturated carbocycles. The van der Waals surface area contributed by atoms with Gasteiger partial charge in [-0.05, 0) is 56.1 Å². The fourth-order valence-electron chi connectivity index (χ4n) is 5.73. The van der Waals surface area contributed by atoms with Gasteiger partial charge in [0, 0.05) is 5.56 Å². The van der Waals surface area contributed by atoms with Crippen LogP contribution in [0.15, 0.2) is 30.3 Å². The lowest BCUT2D eigenvalue weighted by atomic mass is 9.39. The van der Waals surface area contributed by atoms with Crippen LogP contribution < -0.4 is 0 Å². The minimum Gasteiger partial charge on any atom is -0.481 e. The van der Waals surface area contributed by atoms with Gasteiger partial charge in [0.2, 0.25) is 0 Å². The number of hydrogen-bond donors (Lipinski definition) is 2. The first-order chi connectivity index (χ1) is 11.5. The Bertz CT molecular complexity index is 707. The summed E-state index contributed by atoms with van der Waals surface area (Å²) in [5.74, 6) is 4.23. The van der Waals surface area contributed by atoms with Crippen LogP contribution in [-0.4, -0.2) is 22.2 Å². The quantitative estimate of drug-likeness (QED) is 0.820. The zero-order chi connectivity index (χ0) is 16.9. The van der Waals surface area contributed by atoms with Crippen LogP contribution in [0.4, 0.5) is 0 Å². The highest BCUT2D eigenvalue weighted by atomic mass is 16.4. The zero-order valence-corrected chi connectivity index (χ0v) is 13.4. The van der Waals surface area contributed by atoms with Gasteiger partial charge in [-0.15, -0.1) is 0 Å². The van der Waals surface area contributed by atoms with Gasteiger partial charge in [0.05, 0.1) is 16.7 Å². The molecule has 4 fully saturated rings. The average molecular weight is 324 g/mol. The molecule has 2 N–H and O–H groups in total. The Morgan fingerprint density at radius 1 is 0.917 bits per heavy atom. The van der Waals surface area contributed by atoms with Crippen molar-refractivity contribution in [2.24, 2.45) is 28.6 Å². The maximum absolute atomic E-state index is 12.2. The standard InChI is InChI=1S/C20H20O4/c21-17(22)19-9-14-8-15(11-19)12-20(10-14,18(23)24)16(19)7-6-13-4-2-1-3-5-13/h1-5,14-16H,8-12H2,(H,21,22)(H,23,24). The molecule has 0 atom stereocenters. The van der Waals surface area contributed by atoms with Crippen LogP contribution in [0.1, 0.15) is 37.7 Å². The number of rotatable bonds is 2. The summed E-state index contributed by atoms with van der Waals surface area (Å²) in [6.07, 6.45) is 3.26. The lowest BCUT2D eigenvalue weighted by molar-refractivity contribution is -0.198. The second kappa shape index (κ2) is 5.11. The maximum atomic E-state index is 12.2. The summed E-state index contributed by atoms with van der Waals surface area (Å²) in [4.78, 5) is 24.4. The molecular weight excluding hydrogens is 304 g/mol. The van der Waals surface area contributed by atoms with Gasteiger partial charge in [-0.2, -0.15) is 0 Å². The normalized spacial score (nSPS) is 39.1. The van der Waals surface area contributed by atoms with E-state index in [1.54, 1.807) is 0 Å². The fraction of sp³-hybridized carbons (Fsp3) is 0.500. The van der Waals surface area contributed by atoms with Crippen LogP contribution >= 0.6 is 0 Å². The van der Waals surface area contributed by atoms with Gasteiger partial charge in [0.15, 0.2) is 0 Å². The second-order valence-corrected chi connectivity index (χ2v) is 7.78. The van der Waals surface area contributed by atoms with Crippen LogP contribution in [0, 0.1) is 40.4 Å². The predicted octanol–water partition coefficient (Wildman–Crippen LogP) is 3.02. The highest BCUT2D eigenvalue weighted by Crippen LogP contribution is 2.68. The molecule has 4 nitrogen and oxygen atoms in total. The van der Waals surface area contributed by atoms with E-state index in [4.69, 9.17) is 0 Å². The highest BCUT2D eigenvalue weighted by molar-refractivity contribution is 5.83. The van der Waals surface area contributed by atoms with Crippen LogP contribution in [-0.2, 0) is 9.59 Å². The van der Waals surface area contributed by atoms with E-state index < -0.39 is 28.7 Å². The van der Waals surface area contributed by atoms with Gasteiger partial charge in [-0.25, -0.2) is 0 Å². The minimum atomic E-state index is -0.996. The molecule has 0 spiro atoms. The van der Waals surface area contributed by atoms with E-state index in [0.29, 0.717) is 25.7 Å². The third-order valence-corrected chi connectivity index (χ3v) is 6.37. The molecule has 1 aromatic carbocycles. The third-order valence-electron chi connectivity index (χ3n) is 6.37. The molecule has 1 aromatic rings. The SMILES string of the molecule is O=C(O)C12CC3CC(C1)CC(C(=O)O)(C3)C2C#Cc1ccccc1. The molecule has 24 heavy (non-hydrogen) atoms. The zero-order valence-electron chi connectivity index (χ0n) is 13.4. The number of hydrogen-bond acceptors (Lipinski definition) is 2. The van der Waals surface area contributed by atoms with Crippen molar-refractivity contribution < 1.29 is 19.8 Å². The molecule has 0 saturated heterocycles. The van der Waals surface area contributed by atoms with Crippen molar-refractivity contribution in [3.8, 4) is 11.8 Å². The highest BCUT2D eigenvalue weighted by Gasteiger charge is 2.69. The Morgan fingerprint density at radius 3 is 1.88 bits per heavy atom. The summed E-state index contributed by atoms with van der Waals surface area (Å²) < 4.78 is 0. The topological polar surface area (TPSA) is 74.6 Å². The summed E-state index contributed by atoms with van der Waals surface area (Å²) in [5, 5.41) is 20.0. The van der Waals surface area contributed by atoms with E-state index in [9.17, 15) is 19.8 Å². The van der Waals surface area contributed by atoms with Crippen LogP contribution in [0.2, 0.25) is 0 Å². The Labute approximate surface area is 140 Å². The smallest absolute Gasteiger partial charge is 0.310 e. The van der Waals surface area contributed by atoms with E-state index in [1.165, 1.54) is 0 Å². The first-order valence-electron chi connectivity index (χ1n) is 8.50. The van der Waals surface area contributed by atoms with Gasteiger partial charge in [-0.3, -0.25) is 9.59 Å². The summed E-state index contributed by atoms with van der Waals surface area (Å²) in [7, 11) is 0. The van der Waals surface area contributed by atoms with E-state index >= 15 is 0 Å². The number of aliphatic carboxylic acids is 2. The van der Waals surface area contributed by atoms with Gasteiger partial charge in [0.25, 0.3) is 0 Å². The minimum absolute atomic E-state index is 0.208. The summed E-state index contributed by atoms with van der Waals surface area (Å²) in [5.41, 5.74) is -1.19. The molecule has 0 aromatic heterocycles. The molecule has 4 aliphatic rings. The first kappa shape index (κ1) is 15.3. The Morgan fingerprint density at radius 2 is 1.42 bits per heavy atom. The number of carbonyl (C=O) groups is 2. The van der Waals surface area contributed by atoms with Gasteiger partial charge >= 0.3 is 11.9 Å². The molecule has 0 aliphatic heterocycles. The van der Waals surface area contributed by atoms with Crippen molar-refractivity contribution in [3.05, 3.63) is 35.9 Å². The second-order valence-electron chi connectivity index (χ2n) is 7.78. The van der Waals surface area contributed by atoms with Crippen molar-refractivity contribution in [2.75, 3.05) is 0 Å². The number of carboxylic acid groups (broad SMARTS) is 2. The number of carboxylic acids is 2. The first-order valence-corrected chi connectivity index (χ1v) is 8.50. The Hall–Kier alpha value is -2.28. The fourth-order valence-corrected chi connectivity index (χ4v) is 5.73. The van der Waals surface area contributed by atoms with E-state index in [-0.39, 0.29) is 11.8 Å². The monoisotopic (exact) mass is 324 g/mol. The van der Waals surface area contributed by atoms with Crippen molar-refractivity contribution in [1.82, 2.24) is 0 Å². The molecule has 0 amide bonds. The molecule has 4 heteroatoms. The summed E-state index contributed by atoms with van der Waals surface area (Å²) in [6, 6.07) is 9.38. The molecular formula is C20H20O4. The summed E-state index contributed by atoms with van der Waals surface area (Å²) >= 11 is 0. The van der Waals surface area contributed by atoms with Crippen molar-refractivity contribution in [1.29, 1.82) is 0 Å². The average Bonchev–Trinajstić information content (AvgIpc) is 2.54. The van der Waals surface area contributed by atoms with Crippen LogP contribution in [0.25, 0.3) is 0 Å². The maximum Gasteiger partial charge on any atom is 0.310 e. The Balaban J connectivity index is 1.83. The van der Waals surface area contributed by atoms with E-state index in [0.717, 1.165) is 12.0 Å². The lowest BCUT2D eigenvalue weighted by Gasteiger charge is -2.61. The molecule has 4 aliphatic carbocycles. The molecule has 5 rings (SSSR count). The van der Waals surface area contributed by atoms with Crippen molar-refractivity contribution in [2.45, 2.75) is 32.1 Å². The Kier molecular flexibility index (Phi) is 3.25. The van der Waals surface area contributed by atoms with Gasteiger partial charge in [0.1, 0.15) is 0 Å². The molecule has 0 radical (unpaired) electrons. The van der Waals surface area contributed by atoms with Crippen LogP contribution in [0.5, 0.6) is 0 Å². The molecule has 4 bridgehead atoms. The molecule has 124 valence electrons. The van der Waals surface area contributed by atoms with Gasteiger partial charge < -0.3 is 10.2 Å². The van der Waals surface area contributed by atoms with Crippen LogP contribution in [0.3, 0.4) is 0 Å². The molecule has 0 heterocycles. The molecule has 0 unspecified atom stereocenters. The van der Waals surface area contributed by atoms with E-state index in [1.807, 2.05) is 30.3 Å². The number of benzene rings is 1.